The number of furan rings is 1. The largest absolute Gasteiger partial charge is 0.463 e. The van der Waals surface area contributed by atoms with Crippen molar-refractivity contribution in [1.29, 1.82) is 0 Å². The highest BCUT2D eigenvalue weighted by Crippen LogP contribution is 2.27. The number of hydrogen-bond donors (Lipinski definition) is 2. The number of carbonyl (C=O) groups is 1. The fourth-order valence-corrected chi connectivity index (χ4v) is 4.12. The van der Waals surface area contributed by atoms with Gasteiger partial charge in [0.05, 0.1) is 16.9 Å². The van der Waals surface area contributed by atoms with Crippen molar-refractivity contribution in [3.63, 3.8) is 0 Å². The minimum Gasteiger partial charge on any atom is -0.463 e. The number of aromatic nitrogens is 4. The molecule has 1 aliphatic rings. The van der Waals surface area contributed by atoms with E-state index in [0.717, 1.165) is 12.8 Å². The van der Waals surface area contributed by atoms with Gasteiger partial charge in [0.25, 0.3) is 17.2 Å². The summed E-state index contributed by atoms with van der Waals surface area (Å²) >= 11 is 0. The van der Waals surface area contributed by atoms with Gasteiger partial charge in [-0.05, 0) is 50.8 Å². The van der Waals surface area contributed by atoms with Gasteiger partial charge in [0, 0.05) is 28.8 Å². The van der Waals surface area contributed by atoms with Crippen LogP contribution in [-0.2, 0) is 12.8 Å². The van der Waals surface area contributed by atoms with E-state index in [2.05, 4.69) is 20.4 Å². The number of nitrogens with one attached hydrogen (secondary N) is 2. The molecule has 0 fully saturated rings. The van der Waals surface area contributed by atoms with E-state index in [1.165, 1.54) is 36.1 Å². The number of hydrogen-bond acceptors (Lipinski definition) is 7. The molecule has 5 rings (SSSR count). The molecule has 3 aromatic heterocycles. The number of aryl methyl sites for hydroxylation is 1. The maximum absolute atomic E-state index is 13.1. The van der Waals surface area contributed by atoms with Gasteiger partial charge >= 0.3 is 0 Å². The van der Waals surface area contributed by atoms with Crippen LogP contribution in [0.1, 0.15) is 40.0 Å². The third-order valence-electron chi connectivity index (χ3n) is 5.85. The quantitative estimate of drug-likeness (QED) is 0.341. The number of nitrogens with zero attached hydrogens (tertiary/aromatic N) is 4. The second-order valence-electron chi connectivity index (χ2n) is 7.99. The highest BCUT2D eigenvalue weighted by molar-refractivity contribution is 6.05. The molecule has 0 unspecified atom stereocenters. The number of amides is 1. The average molecular weight is 460 g/mol. The van der Waals surface area contributed by atoms with Crippen LogP contribution in [0.2, 0.25) is 0 Å². The van der Waals surface area contributed by atoms with Gasteiger partial charge in [-0.2, -0.15) is 9.78 Å². The summed E-state index contributed by atoms with van der Waals surface area (Å²) in [6, 6.07) is 9.30. The van der Waals surface area contributed by atoms with Crippen molar-refractivity contribution < 1.29 is 14.1 Å². The molecule has 0 radical (unpaired) electrons. The van der Waals surface area contributed by atoms with E-state index in [4.69, 9.17) is 4.42 Å². The molecule has 1 aromatic carbocycles. The van der Waals surface area contributed by atoms with Gasteiger partial charge < -0.3 is 9.73 Å². The maximum Gasteiger partial charge on any atom is 0.273 e. The van der Waals surface area contributed by atoms with Crippen LogP contribution in [0.4, 0.5) is 11.5 Å². The van der Waals surface area contributed by atoms with E-state index in [-0.39, 0.29) is 34.1 Å². The van der Waals surface area contributed by atoms with Crippen molar-refractivity contribution in [2.75, 3.05) is 5.32 Å². The van der Waals surface area contributed by atoms with Gasteiger partial charge in [-0.15, -0.1) is 0 Å². The van der Waals surface area contributed by atoms with Gasteiger partial charge in [-0.1, -0.05) is 6.07 Å². The van der Waals surface area contributed by atoms with E-state index in [1.807, 2.05) is 0 Å². The number of anilines is 1. The fourth-order valence-electron chi connectivity index (χ4n) is 4.12. The lowest BCUT2D eigenvalue weighted by Gasteiger charge is -2.15. The molecule has 3 heterocycles. The van der Waals surface area contributed by atoms with Gasteiger partial charge in [0.15, 0.2) is 5.76 Å². The monoisotopic (exact) mass is 460 g/mol. The molecular formula is C23H20N6O5. The molecule has 0 spiro atoms. The minimum atomic E-state index is -0.561. The Labute approximate surface area is 192 Å². The molecule has 0 aliphatic heterocycles. The molecule has 1 aliphatic carbocycles. The van der Waals surface area contributed by atoms with Crippen molar-refractivity contribution in [1.82, 2.24) is 19.7 Å². The molecule has 2 N–H and O–H groups in total. The topological polar surface area (TPSA) is 149 Å². The van der Waals surface area contributed by atoms with Crippen molar-refractivity contribution in [3.05, 3.63) is 85.5 Å². The summed E-state index contributed by atoms with van der Waals surface area (Å²) in [5, 5.41) is 18.5. The van der Waals surface area contributed by atoms with Crippen LogP contribution in [0.25, 0.3) is 17.4 Å². The van der Waals surface area contributed by atoms with Crippen LogP contribution >= 0.6 is 0 Å². The Morgan fingerprint density at radius 1 is 1.24 bits per heavy atom. The first-order valence-corrected chi connectivity index (χ1v) is 10.7. The standard InChI is InChI=1S/C23H20N6O5/c1-13-14(7-4-9-18(13)29(32)33)21(30)25-20-12-17(19-10-5-11-34-19)27-28(20)23-24-16-8-3-2-6-15(16)22(31)26-23/h4-5,7,9-12H,2-3,6,8H2,1H3,(H,25,30)(H,24,26,31). The molecular weight excluding hydrogens is 440 g/mol. The van der Waals surface area contributed by atoms with Gasteiger partial charge in [0.2, 0.25) is 5.95 Å². The van der Waals surface area contributed by atoms with Gasteiger partial charge in [-0.25, -0.2) is 4.98 Å². The SMILES string of the molecule is Cc1c(C(=O)Nc2cc(-c3ccco3)nn2-c2nc3c(c(=O)[nH]2)CCCC3)cccc1[N+](=O)[O-]. The van der Waals surface area contributed by atoms with E-state index >= 15 is 0 Å². The predicted molar refractivity (Wildman–Crippen MR) is 122 cm³/mol. The maximum atomic E-state index is 13.1. The van der Waals surface area contributed by atoms with E-state index in [9.17, 15) is 19.7 Å². The molecule has 0 bridgehead atoms. The Balaban J connectivity index is 1.59. The molecule has 172 valence electrons. The van der Waals surface area contributed by atoms with Crippen molar-refractivity contribution in [2.24, 2.45) is 0 Å². The van der Waals surface area contributed by atoms with Gasteiger partial charge in [0.1, 0.15) is 11.5 Å². The van der Waals surface area contributed by atoms with Gasteiger partial charge in [-0.3, -0.25) is 24.7 Å². The van der Waals surface area contributed by atoms with Crippen molar-refractivity contribution in [2.45, 2.75) is 32.6 Å². The number of benzene rings is 1. The molecule has 0 saturated carbocycles. The number of rotatable bonds is 5. The van der Waals surface area contributed by atoms with Crippen LogP contribution < -0.4 is 10.9 Å². The Bertz CT molecular complexity index is 1470. The highest BCUT2D eigenvalue weighted by Gasteiger charge is 2.23. The number of carbonyl (C=O) groups excluding carboxylic acids is 1. The lowest BCUT2D eigenvalue weighted by Crippen LogP contribution is -2.25. The summed E-state index contributed by atoms with van der Waals surface area (Å²) in [6.45, 7) is 1.52. The number of aromatic amines is 1. The highest BCUT2D eigenvalue weighted by atomic mass is 16.6. The third-order valence-corrected chi connectivity index (χ3v) is 5.85. The van der Waals surface area contributed by atoms with Crippen molar-refractivity contribution in [3.8, 4) is 17.4 Å². The first-order chi connectivity index (χ1) is 16.4. The molecule has 0 saturated heterocycles. The number of nitro groups is 1. The van der Waals surface area contributed by atoms with Crippen LogP contribution in [0, 0.1) is 17.0 Å². The second kappa shape index (κ2) is 8.43. The lowest BCUT2D eigenvalue weighted by atomic mass is 9.97. The number of nitro benzene ring substituents is 1. The first-order valence-electron chi connectivity index (χ1n) is 10.7. The summed E-state index contributed by atoms with van der Waals surface area (Å²) in [5.74, 6) is 0.283. The molecule has 1 amide bonds. The summed E-state index contributed by atoms with van der Waals surface area (Å²) in [7, 11) is 0. The minimum absolute atomic E-state index is 0.147. The molecule has 0 atom stereocenters. The Hall–Kier alpha value is -4.54. The zero-order chi connectivity index (χ0) is 23.8. The Kier molecular flexibility index (Phi) is 5.28. The zero-order valence-corrected chi connectivity index (χ0v) is 18.2. The third kappa shape index (κ3) is 3.76. The Morgan fingerprint density at radius 3 is 2.82 bits per heavy atom. The number of H-pyrrole nitrogens is 1. The van der Waals surface area contributed by atoms with Crippen LogP contribution in [0.3, 0.4) is 0 Å². The first kappa shape index (κ1) is 21.3. The van der Waals surface area contributed by atoms with E-state index < -0.39 is 10.8 Å². The van der Waals surface area contributed by atoms with Crippen LogP contribution in [0.5, 0.6) is 0 Å². The van der Waals surface area contributed by atoms with Crippen LogP contribution in [-0.4, -0.2) is 30.6 Å². The Morgan fingerprint density at radius 2 is 2.06 bits per heavy atom. The summed E-state index contributed by atoms with van der Waals surface area (Å²) in [6.07, 6.45) is 4.73. The lowest BCUT2D eigenvalue weighted by molar-refractivity contribution is -0.385. The smallest absolute Gasteiger partial charge is 0.273 e. The average Bonchev–Trinajstić information content (AvgIpc) is 3.49. The summed E-state index contributed by atoms with van der Waals surface area (Å²) < 4.78 is 6.77. The second-order valence-corrected chi connectivity index (χ2v) is 7.99. The zero-order valence-electron chi connectivity index (χ0n) is 18.2. The van der Waals surface area contributed by atoms with Crippen LogP contribution in [0.15, 0.2) is 51.9 Å². The molecule has 4 aromatic rings. The molecule has 34 heavy (non-hydrogen) atoms. The van der Waals surface area contributed by atoms with E-state index in [0.29, 0.717) is 35.6 Å². The summed E-state index contributed by atoms with van der Waals surface area (Å²) in [4.78, 5) is 43.9. The summed E-state index contributed by atoms with van der Waals surface area (Å²) in [5.41, 5.74) is 1.80. The predicted octanol–water partition coefficient (Wildman–Crippen LogP) is 3.56. The fraction of sp³-hybridized carbons (Fsp3) is 0.217. The number of fused-ring (bicyclic) bond motifs is 1. The molecule has 11 heteroatoms. The van der Waals surface area contributed by atoms with E-state index in [1.54, 1.807) is 18.2 Å². The van der Waals surface area contributed by atoms with Crippen molar-refractivity contribution >= 4 is 17.4 Å². The molecule has 11 nitrogen and oxygen atoms in total. The normalized spacial score (nSPS) is 12.9.